The van der Waals surface area contributed by atoms with Crippen LogP contribution in [0.3, 0.4) is 0 Å². The lowest BCUT2D eigenvalue weighted by molar-refractivity contribution is -0.332. The first-order valence-electron chi connectivity index (χ1n) is 14.3. The van der Waals surface area contributed by atoms with Crippen LogP contribution in [0.1, 0.15) is 73.6 Å². The van der Waals surface area contributed by atoms with Crippen molar-refractivity contribution in [1.29, 1.82) is 0 Å². The Morgan fingerprint density at radius 3 is 2.38 bits per heavy atom. The highest BCUT2D eigenvalue weighted by Crippen LogP contribution is 2.44. The Hall–Kier alpha value is -1.81. The third-order valence-corrected chi connectivity index (χ3v) is 9.35. The Kier molecular flexibility index (Phi) is 8.96. The van der Waals surface area contributed by atoms with Crippen molar-refractivity contribution in [3.63, 3.8) is 0 Å². The summed E-state index contributed by atoms with van der Waals surface area (Å²) in [6.45, 7) is 11.2. The van der Waals surface area contributed by atoms with E-state index in [0.29, 0.717) is 42.7 Å². The minimum absolute atomic E-state index is 0.0168. The Bertz CT molecular complexity index is 1050. The maximum Gasteiger partial charge on any atom is 0.316 e. The van der Waals surface area contributed by atoms with Gasteiger partial charge in [0.25, 0.3) is 0 Å². The number of aliphatic hydroxyl groups excluding tert-OH is 3. The fraction of sp³-hybridized carbons (Fsp3) is 0.710. The van der Waals surface area contributed by atoms with Gasteiger partial charge in [0.15, 0.2) is 5.79 Å². The molecule has 1 aliphatic carbocycles. The van der Waals surface area contributed by atoms with E-state index in [2.05, 4.69) is 6.92 Å². The molecule has 8 nitrogen and oxygen atoms in total. The normalized spacial score (nSPS) is 49.5. The lowest BCUT2D eigenvalue weighted by atomic mass is 9.69. The average Bonchev–Trinajstić information content (AvgIpc) is 2.89. The second-order valence-electron chi connectivity index (χ2n) is 12.3. The molecule has 0 aromatic heterocycles. The summed E-state index contributed by atoms with van der Waals surface area (Å²) in [4.78, 5) is 13.7. The van der Waals surface area contributed by atoms with E-state index in [0.717, 1.165) is 12.0 Å². The quantitative estimate of drug-likeness (QED) is 0.269. The molecule has 0 aromatic rings. The number of rotatable bonds is 0. The Morgan fingerprint density at radius 2 is 1.69 bits per heavy atom. The first kappa shape index (κ1) is 30.2. The summed E-state index contributed by atoms with van der Waals surface area (Å²) in [5, 5.41) is 44.4. The minimum atomic E-state index is -2.08. The lowest BCUT2D eigenvalue weighted by Crippen LogP contribution is -2.60. The fourth-order valence-electron chi connectivity index (χ4n) is 6.38. The van der Waals surface area contributed by atoms with E-state index in [9.17, 15) is 25.2 Å². The number of fused-ring (bicyclic) bond motifs is 3. The molecule has 4 N–H and O–H groups in total. The van der Waals surface area contributed by atoms with E-state index in [1.807, 2.05) is 26.8 Å². The summed E-state index contributed by atoms with van der Waals surface area (Å²) in [6.07, 6.45) is 6.99. The third kappa shape index (κ3) is 5.97. The van der Waals surface area contributed by atoms with Crippen molar-refractivity contribution in [2.45, 2.75) is 122 Å². The summed E-state index contributed by atoms with van der Waals surface area (Å²) in [5.74, 6) is -2.62. The number of hydrogen-bond acceptors (Lipinski definition) is 8. The molecule has 2 saturated heterocycles. The first-order chi connectivity index (χ1) is 18.3. The largest absolute Gasteiger partial charge is 0.462 e. The molecule has 1 spiro atoms. The molecule has 3 heterocycles. The third-order valence-electron chi connectivity index (χ3n) is 9.35. The van der Waals surface area contributed by atoms with E-state index in [4.69, 9.17) is 14.2 Å². The van der Waals surface area contributed by atoms with Crippen LogP contribution in [0.25, 0.3) is 0 Å². The van der Waals surface area contributed by atoms with E-state index >= 15 is 0 Å². The summed E-state index contributed by atoms with van der Waals surface area (Å²) in [6, 6.07) is 0. The van der Waals surface area contributed by atoms with Gasteiger partial charge in [0, 0.05) is 25.2 Å². The van der Waals surface area contributed by atoms with Gasteiger partial charge in [0.1, 0.15) is 29.8 Å². The molecule has 218 valence electrons. The molecule has 4 rings (SSSR count). The van der Waals surface area contributed by atoms with Crippen LogP contribution in [-0.2, 0) is 19.0 Å². The minimum Gasteiger partial charge on any atom is -0.462 e. The number of aliphatic hydroxyl groups is 4. The standard InChI is InChI=1S/C31H46O8/c1-17-12-13-30(38-22(17)6)16-24-15-23(39-30)11-10-19(3)26(32)18(2)8-7-9-21(5)31(36)25(29(35)37-24)14-20(4)27(33)28(31)34/h7-10,14,17-18,22-28,32-34,36H,11-13,15-16H2,1-6H3/b8-7-,19-10-,21-9-/t17-,18+,22+,23-,24-,25-,26+,27+,28+,30-,31+/m0/s1. The second-order valence-corrected chi connectivity index (χ2v) is 12.3. The molecule has 11 atom stereocenters. The Morgan fingerprint density at radius 1 is 0.974 bits per heavy atom. The van der Waals surface area contributed by atoms with Crippen molar-refractivity contribution in [3.05, 3.63) is 47.1 Å². The van der Waals surface area contributed by atoms with Crippen LogP contribution >= 0.6 is 0 Å². The molecule has 8 heteroatoms. The Labute approximate surface area is 232 Å². The predicted molar refractivity (Wildman–Crippen MR) is 146 cm³/mol. The molecule has 3 aliphatic heterocycles. The van der Waals surface area contributed by atoms with Gasteiger partial charge >= 0.3 is 5.97 Å². The summed E-state index contributed by atoms with van der Waals surface area (Å²) < 4.78 is 19.1. The molecule has 0 amide bonds. The molecular formula is C31H46O8. The van der Waals surface area contributed by atoms with Crippen molar-refractivity contribution in [2.24, 2.45) is 17.8 Å². The second kappa shape index (κ2) is 11.6. The molecule has 39 heavy (non-hydrogen) atoms. The highest BCUT2D eigenvalue weighted by Gasteiger charge is 2.55. The van der Waals surface area contributed by atoms with Crippen molar-refractivity contribution in [2.75, 3.05) is 0 Å². The van der Waals surface area contributed by atoms with E-state index in [-0.39, 0.29) is 18.1 Å². The SMILES string of the molecule is CC1=C[C@H]2C(=O)O[C@H]3C[C@H](C/C=C(/C)[C@H](O)[C@H](C)/C=C\C=C(\C)[C@]2(O)[C@H](O)[C@@H]1O)O[C@@]1(CC[C@H](C)[C@@H](C)O1)C3. The van der Waals surface area contributed by atoms with Crippen LogP contribution in [0.15, 0.2) is 47.1 Å². The zero-order chi connectivity index (χ0) is 28.7. The van der Waals surface area contributed by atoms with E-state index in [1.165, 1.54) is 6.08 Å². The van der Waals surface area contributed by atoms with Gasteiger partial charge in [-0.1, -0.05) is 44.2 Å². The van der Waals surface area contributed by atoms with Crippen molar-refractivity contribution < 1.29 is 39.4 Å². The zero-order valence-corrected chi connectivity index (χ0v) is 24.0. The van der Waals surface area contributed by atoms with E-state index < -0.39 is 47.7 Å². The molecular weight excluding hydrogens is 500 g/mol. The molecule has 0 radical (unpaired) electrons. The van der Waals surface area contributed by atoms with Gasteiger partial charge in [0.2, 0.25) is 0 Å². The van der Waals surface area contributed by atoms with Crippen molar-refractivity contribution >= 4 is 5.97 Å². The van der Waals surface area contributed by atoms with Gasteiger partial charge in [-0.05, 0) is 63.2 Å². The summed E-state index contributed by atoms with van der Waals surface area (Å²) in [5.41, 5.74) is -0.572. The average molecular weight is 547 g/mol. The van der Waals surface area contributed by atoms with Gasteiger partial charge in [-0.3, -0.25) is 4.79 Å². The number of esters is 1. The molecule has 0 unspecified atom stereocenters. The highest BCUT2D eigenvalue weighted by molar-refractivity contribution is 5.78. The molecule has 0 aromatic carbocycles. The van der Waals surface area contributed by atoms with Gasteiger partial charge in [-0.2, -0.15) is 0 Å². The lowest BCUT2D eigenvalue weighted by Gasteiger charge is -2.49. The molecule has 2 bridgehead atoms. The monoisotopic (exact) mass is 546 g/mol. The van der Waals surface area contributed by atoms with Crippen LogP contribution in [-0.4, -0.2) is 74.4 Å². The number of ether oxygens (including phenoxy) is 3. The summed E-state index contributed by atoms with van der Waals surface area (Å²) >= 11 is 0. The smallest absolute Gasteiger partial charge is 0.316 e. The predicted octanol–water partition coefficient (Wildman–Crippen LogP) is 3.49. The number of allylic oxidation sites excluding steroid dienone is 2. The zero-order valence-electron chi connectivity index (χ0n) is 24.0. The van der Waals surface area contributed by atoms with Crippen LogP contribution < -0.4 is 0 Å². The Balaban J connectivity index is 1.75. The van der Waals surface area contributed by atoms with Gasteiger partial charge < -0.3 is 34.6 Å². The van der Waals surface area contributed by atoms with Crippen LogP contribution in [0.5, 0.6) is 0 Å². The van der Waals surface area contributed by atoms with Gasteiger partial charge in [-0.25, -0.2) is 0 Å². The van der Waals surface area contributed by atoms with Crippen molar-refractivity contribution in [1.82, 2.24) is 0 Å². The molecule has 4 aliphatic rings. The maximum atomic E-state index is 13.7. The molecule has 2 fully saturated rings. The summed E-state index contributed by atoms with van der Waals surface area (Å²) in [7, 11) is 0. The van der Waals surface area contributed by atoms with Gasteiger partial charge in [-0.15, -0.1) is 0 Å². The van der Waals surface area contributed by atoms with Crippen LogP contribution in [0.2, 0.25) is 0 Å². The van der Waals surface area contributed by atoms with E-state index in [1.54, 1.807) is 32.1 Å². The topological polar surface area (TPSA) is 126 Å². The number of carbonyl (C=O) groups is 1. The van der Waals surface area contributed by atoms with Crippen LogP contribution in [0, 0.1) is 17.8 Å². The number of carbonyl (C=O) groups excluding carboxylic acids is 1. The first-order valence-corrected chi connectivity index (χ1v) is 14.3. The maximum absolute atomic E-state index is 13.7. The number of hydrogen-bond donors (Lipinski definition) is 4. The van der Waals surface area contributed by atoms with Crippen molar-refractivity contribution in [3.8, 4) is 0 Å². The fourth-order valence-corrected chi connectivity index (χ4v) is 6.38. The highest BCUT2D eigenvalue weighted by atomic mass is 16.7. The van der Waals surface area contributed by atoms with Crippen LogP contribution in [0.4, 0.5) is 0 Å². The molecule has 0 saturated carbocycles. The van der Waals surface area contributed by atoms with Gasteiger partial charge in [0.05, 0.1) is 18.3 Å².